The summed E-state index contributed by atoms with van der Waals surface area (Å²) in [6, 6.07) is 10.7. The molecule has 2 rings (SSSR count). The molecular weight excluding hydrogens is 400 g/mol. The lowest BCUT2D eigenvalue weighted by molar-refractivity contribution is -0.687. The van der Waals surface area contributed by atoms with E-state index in [0.29, 0.717) is 0 Å². The zero-order valence-electron chi connectivity index (χ0n) is 20.1. The number of imidazole rings is 1. The van der Waals surface area contributed by atoms with Crippen LogP contribution in [0.3, 0.4) is 0 Å². The van der Waals surface area contributed by atoms with E-state index in [1.807, 2.05) is 0 Å². The predicted molar refractivity (Wildman–Crippen MR) is 130 cm³/mol. The standard InChI is InChI=1S/C28H47N2.ClH/c1-2-3-4-5-6-7-8-9-10-11-12-13-14-15-16-20-23-29-24-25-30(27-29)26-28-21-18-17-19-22-28;/h17-19,21-22,24-25,27H,2-16,20,23,26H2,1H3;1H/q+1;/p-1. The van der Waals surface area contributed by atoms with Crippen molar-refractivity contribution >= 4 is 0 Å². The first kappa shape index (κ1) is 27.8. The minimum Gasteiger partial charge on any atom is -1.00 e. The van der Waals surface area contributed by atoms with Gasteiger partial charge in [0.1, 0.15) is 18.9 Å². The van der Waals surface area contributed by atoms with Gasteiger partial charge in [0.2, 0.25) is 6.33 Å². The van der Waals surface area contributed by atoms with Crippen molar-refractivity contribution in [3.63, 3.8) is 0 Å². The van der Waals surface area contributed by atoms with Gasteiger partial charge in [-0.2, -0.15) is 0 Å². The number of aromatic nitrogens is 2. The average Bonchev–Trinajstić information content (AvgIpc) is 3.21. The van der Waals surface area contributed by atoms with Crippen LogP contribution in [0.5, 0.6) is 0 Å². The molecule has 1 aromatic heterocycles. The van der Waals surface area contributed by atoms with Gasteiger partial charge in [0.05, 0.1) is 6.54 Å². The molecule has 2 nitrogen and oxygen atoms in total. The Balaban J connectivity index is 0.00000480. The molecule has 0 aliphatic rings. The van der Waals surface area contributed by atoms with Gasteiger partial charge in [0, 0.05) is 0 Å². The van der Waals surface area contributed by atoms with Gasteiger partial charge in [-0.05, 0) is 18.4 Å². The van der Waals surface area contributed by atoms with Crippen LogP contribution in [0, 0.1) is 0 Å². The average molecular weight is 447 g/mol. The van der Waals surface area contributed by atoms with E-state index in [0.717, 1.165) is 13.1 Å². The highest BCUT2D eigenvalue weighted by molar-refractivity contribution is 5.13. The predicted octanol–water partition coefficient (Wildman–Crippen LogP) is 5.09. The Morgan fingerprint density at radius 1 is 0.645 bits per heavy atom. The summed E-state index contributed by atoms with van der Waals surface area (Å²) in [4.78, 5) is 0. The molecule has 31 heavy (non-hydrogen) atoms. The topological polar surface area (TPSA) is 8.81 Å². The van der Waals surface area contributed by atoms with Crippen LogP contribution in [0.25, 0.3) is 0 Å². The molecule has 0 spiro atoms. The van der Waals surface area contributed by atoms with E-state index in [1.54, 1.807) is 0 Å². The molecule has 0 amide bonds. The van der Waals surface area contributed by atoms with Gasteiger partial charge in [0.15, 0.2) is 0 Å². The van der Waals surface area contributed by atoms with Crippen molar-refractivity contribution in [2.75, 3.05) is 0 Å². The maximum atomic E-state index is 2.34. The summed E-state index contributed by atoms with van der Waals surface area (Å²) >= 11 is 0. The molecule has 0 saturated heterocycles. The second-order valence-corrected chi connectivity index (χ2v) is 9.11. The van der Waals surface area contributed by atoms with Gasteiger partial charge in [-0.15, -0.1) is 0 Å². The van der Waals surface area contributed by atoms with E-state index >= 15 is 0 Å². The lowest BCUT2D eigenvalue weighted by Gasteiger charge is -2.03. The smallest absolute Gasteiger partial charge is 0.244 e. The molecule has 0 fully saturated rings. The van der Waals surface area contributed by atoms with Crippen molar-refractivity contribution in [3.05, 3.63) is 54.6 Å². The molecule has 0 aliphatic heterocycles. The first-order valence-electron chi connectivity index (χ1n) is 13.0. The SMILES string of the molecule is CCCCCCCCCCCCCCCCCCn1cc[n+](Cc2ccccc2)c1.[Cl-]. The monoisotopic (exact) mass is 446 g/mol. The Hall–Kier alpha value is -1.28. The highest BCUT2D eigenvalue weighted by atomic mass is 35.5. The summed E-state index contributed by atoms with van der Waals surface area (Å²) in [6.45, 7) is 4.42. The summed E-state index contributed by atoms with van der Waals surface area (Å²) < 4.78 is 4.62. The molecule has 0 unspecified atom stereocenters. The van der Waals surface area contributed by atoms with Gasteiger partial charge in [-0.3, -0.25) is 0 Å². The van der Waals surface area contributed by atoms with Gasteiger partial charge in [0.25, 0.3) is 0 Å². The Bertz CT molecular complexity index is 623. The Labute approximate surface area is 198 Å². The summed E-state index contributed by atoms with van der Waals surface area (Å²) in [5, 5.41) is 0. The normalized spacial score (nSPS) is 10.9. The van der Waals surface area contributed by atoms with Crippen LogP contribution in [0.2, 0.25) is 0 Å². The fraction of sp³-hybridized carbons (Fsp3) is 0.679. The number of benzene rings is 1. The highest BCUT2D eigenvalue weighted by Crippen LogP contribution is 2.13. The Morgan fingerprint density at radius 3 is 1.65 bits per heavy atom. The maximum Gasteiger partial charge on any atom is 0.244 e. The van der Waals surface area contributed by atoms with Crippen LogP contribution in [-0.2, 0) is 13.1 Å². The summed E-state index contributed by atoms with van der Waals surface area (Å²) in [5.74, 6) is 0. The first-order chi connectivity index (χ1) is 14.9. The molecule has 3 heteroatoms. The molecule has 0 radical (unpaired) electrons. The minimum absolute atomic E-state index is 0. The van der Waals surface area contributed by atoms with E-state index < -0.39 is 0 Å². The zero-order valence-corrected chi connectivity index (χ0v) is 20.9. The van der Waals surface area contributed by atoms with Crippen molar-refractivity contribution in [1.29, 1.82) is 0 Å². The molecule has 1 aromatic carbocycles. The number of aryl methyl sites for hydroxylation is 1. The summed E-state index contributed by atoms with van der Waals surface area (Å²) in [7, 11) is 0. The zero-order chi connectivity index (χ0) is 21.1. The first-order valence-corrected chi connectivity index (χ1v) is 13.0. The van der Waals surface area contributed by atoms with Crippen LogP contribution < -0.4 is 17.0 Å². The second kappa shape index (κ2) is 19.4. The molecule has 1 heterocycles. The molecule has 0 atom stereocenters. The largest absolute Gasteiger partial charge is 1.00 e. The van der Waals surface area contributed by atoms with Crippen molar-refractivity contribution in [1.82, 2.24) is 4.57 Å². The summed E-state index contributed by atoms with van der Waals surface area (Å²) in [6.07, 6.45) is 29.6. The van der Waals surface area contributed by atoms with E-state index in [4.69, 9.17) is 0 Å². The number of halogens is 1. The lowest BCUT2D eigenvalue weighted by atomic mass is 10.0. The minimum atomic E-state index is 0. The number of hydrogen-bond donors (Lipinski definition) is 0. The Morgan fingerprint density at radius 2 is 1.13 bits per heavy atom. The Kier molecular flexibility index (Phi) is 17.4. The van der Waals surface area contributed by atoms with Crippen LogP contribution in [0.4, 0.5) is 0 Å². The van der Waals surface area contributed by atoms with Crippen LogP contribution in [0.15, 0.2) is 49.1 Å². The third-order valence-corrected chi connectivity index (χ3v) is 6.22. The van der Waals surface area contributed by atoms with Crippen LogP contribution in [0.1, 0.15) is 115 Å². The van der Waals surface area contributed by atoms with Gasteiger partial charge in [-0.1, -0.05) is 127 Å². The quantitative estimate of drug-likeness (QED) is 0.210. The molecule has 2 aromatic rings. The van der Waals surface area contributed by atoms with Crippen molar-refractivity contribution in [2.45, 2.75) is 123 Å². The summed E-state index contributed by atoms with van der Waals surface area (Å²) in [5.41, 5.74) is 1.36. The number of rotatable bonds is 19. The van der Waals surface area contributed by atoms with Crippen LogP contribution >= 0.6 is 0 Å². The van der Waals surface area contributed by atoms with Gasteiger partial charge >= 0.3 is 0 Å². The van der Waals surface area contributed by atoms with E-state index in [2.05, 4.69) is 65.1 Å². The third kappa shape index (κ3) is 14.4. The highest BCUT2D eigenvalue weighted by Gasteiger charge is 2.04. The molecular formula is C28H47ClN2. The number of nitrogens with zero attached hydrogens (tertiary/aromatic N) is 2. The maximum absolute atomic E-state index is 2.34. The fourth-order valence-electron chi connectivity index (χ4n) is 4.30. The van der Waals surface area contributed by atoms with Crippen molar-refractivity contribution < 1.29 is 17.0 Å². The molecule has 0 bridgehead atoms. The van der Waals surface area contributed by atoms with E-state index in [9.17, 15) is 0 Å². The van der Waals surface area contributed by atoms with Crippen molar-refractivity contribution in [3.8, 4) is 0 Å². The third-order valence-electron chi connectivity index (χ3n) is 6.22. The van der Waals surface area contributed by atoms with E-state index in [1.165, 1.54) is 108 Å². The van der Waals surface area contributed by atoms with Gasteiger partial charge < -0.3 is 12.4 Å². The molecule has 0 N–H and O–H groups in total. The second-order valence-electron chi connectivity index (χ2n) is 9.11. The fourth-order valence-corrected chi connectivity index (χ4v) is 4.30. The molecule has 0 saturated carbocycles. The molecule has 176 valence electrons. The van der Waals surface area contributed by atoms with Crippen LogP contribution in [-0.4, -0.2) is 4.57 Å². The number of hydrogen-bond acceptors (Lipinski definition) is 0. The lowest BCUT2D eigenvalue weighted by Crippen LogP contribution is -3.00. The number of unbranched alkanes of at least 4 members (excludes halogenated alkanes) is 15. The molecule has 0 aliphatic carbocycles. The van der Waals surface area contributed by atoms with Crippen molar-refractivity contribution in [2.24, 2.45) is 0 Å². The van der Waals surface area contributed by atoms with Gasteiger partial charge in [-0.25, -0.2) is 9.13 Å². The van der Waals surface area contributed by atoms with E-state index in [-0.39, 0.29) is 12.4 Å².